The van der Waals surface area contributed by atoms with Crippen LogP contribution in [-0.2, 0) is 4.79 Å². The van der Waals surface area contributed by atoms with Gasteiger partial charge in [-0.3, -0.25) is 4.79 Å². The highest BCUT2D eigenvalue weighted by molar-refractivity contribution is 6.35. The second-order valence-electron chi connectivity index (χ2n) is 5.17. The summed E-state index contributed by atoms with van der Waals surface area (Å²) in [6.07, 6.45) is 4.67. The number of rotatable bonds is 2. The van der Waals surface area contributed by atoms with Crippen molar-refractivity contribution in [3.8, 4) is 5.75 Å². The third-order valence-corrected chi connectivity index (χ3v) is 4.73. The Morgan fingerprint density at radius 1 is 1.22 bits per heavy atom. The van der Waals surface area contributed by atoms with Gasteiger partial charge in [0.1, 0.15) is 17.6 Å². The maximum atomic E-state index is 11.9. The predicted molar refractivity (Wildman–Crippen MR) is 71.4 cm³/mol. The molecule has 0 saturated heterocycles. The molecule has 1 unspecified atom stereocenters. The molecule has 2 saturated carbocycles. The van der Waals surface area contributed by atoms with Crippen LogP contribution in [0, 0.1) is 5.41 Å². The molecule has 0 N–H and O–H groups in total. The first kappa shape index (κ1) is 12.3. The molecule has 2 fully saturated rings. The van der Waals surface area contributed by atoms with Crippen molar-refractivity contribution < 1.29 is 9.53 Å². The van der Waals surface area contributed by atoms with Crippen LogP contribution in [0.25, 0.3) is 0 Å². The first-order chi connectivity index (χ1) is 8.62. The van der Waals surface area contributed by atoms with Crippen LogP contribution < -0.4 is 4.74 Å². The van der Waals surface area contributed by atoms with Gasteiger partial charge >= 0.3 is 0 Å². The smallest absolute Gasteiger partial charge is 0.146 e. The van der Waals surface area contributed by atoms with Crippen LogP contribution in [0.3, 0.4) is 0 Å². The average molecular weight is 285 g/mol. The molecule has 18 heavy (non-hydrogen) atoms. The van der Waals surface area contributed by atoms with Crippen LogP contribution in [-0.4, -0.2) is 11.9 Å². The van der Waals surface area contributed by atoms with Crippen LogP contribution in [0.4, 0.5) is 0 Å². The van der Waals surface area contributed by atoms with Crippen molar-refractivity contribution in [2.24, 2.45) is 5.41 Å². The number of halogens is 2. The molecule has 2 aliphatic rings. The lowest BCUT2D eigenvalue weighted by Crippen LogP contribution is -2.55. The average Bonchev–Trinajstić information content (AvgIpc) is 2.83. The second-order valence-corrected chi connectivity index (χ2v) is 6.02. The molecule has 1 aromatic carbocycles. The Labute approximate surface area is 116 Å². The molecule has 4 heteroatoms. The molecule has 0 radical (unpaired) electrons. The number of ether oxygens (including phenoxy) is 1. The lowest BCUT2D eigenvalue weighted by molar-refractivity contribution is -0.151. The summed E-state index contributed by atoms with van der Waals surface area (Å²) in [6.45, 7) is 0. The normalized spacial score (nSPS) is 25.2. The monoisotopic (exact) mass is 284 g/mol. The Bertz CT molecular complexity index is 493. The highest BCUT2D eigenvalue weighted by Gasteiger charge is 2.57. The van der Waals surface area contributed by atoms with E-state index in [4.69, 9.17) is 27.9 Å². The molecule has 2 nitrogen and oxygen atoms in total. The molecule has 96 valence electrons. The molecule has 1 aromatic rings. The van der Waals surface area contributed by atoms with Gasteiger partial charge in [0.05, 0.1) is 10.4 Å². The van der Waals surface area contributed by atoms with E-state index in [1.54, 1.807) is 18.2 Å². The minimum Gasteiger partial charge on any atom is -0.487 e. The summed E-state index contributed by atoms with van der Waals surface area (Å²) >= 11 is 11.9. The van der Waals surface area contributed by atoms with Gasteiger partial charge in [0.25, 0.3) is 0 Å². The Morgan fingerprint density at radius 3 is 2.56 bits per heavy atom. The summed E-state index contributed by atoms with van der Waals surface area (Å²) in [4.78, 5) is 11.9. The highest BCUT2D eigenvalue weighted by Crippen LogP contribution is 2.52. The number of hydrogen-bond donors (Lipinski definition) is 0. The van der Waals surface area contributed by atoms with Crippen molar-refractivity contribution in [2.45, 2.75) is 38.2 Å². The van der Waals surface area contributed by atoms with Crippen LogP contribution in [0.1, 0.15) is 32.1 Å². The number of ketones is 1. The molecule has 0 aliphatic heterocycles. The molecular weight excluding hydrogens is 271 g/mol. The maximum Gasteiger partial charge on any atom is 0.146 e. The lowest BCUT2D eigenvalue weighted by atomic mass is 9.63. The van der Waals surface area contributed by atoms with Crippen LogP contribution in [0.15, 0.2) is 18.2 Å². The van der Waals surface area contributed by atoms with Crippen molar-refractivity contribution in [3.05, 3.63) is 28.2 Å². The van der Waals surface area contributed by atoms with Gasteiger partial charge in [-0.25, -0.2) is 0 Å². The van der Waals surface area contributed by atoms with E-state index in [-0.39, 0.29) is 11.5 Å². The summed E-state index contributed by atoms with van der Waals surface area (Å²) in [5, 5.41) is 1.10. The van der Waals surface area contributed by atoms with E-state index in [9.17, 15) is 4.79 Å². The highest BCUT2D eigenvalue weighted by atomic mass is 35.5. The van der Waals surface area contributed by atoms with Gasteiger partial charge < -0.3 is 4.74 Å². The van der Waals surface area contributed by atoms with Crippen molar-refractivity contribution in [3.63, 3.8) is 0 Å². The number of benzene rings is 1. The standard InChI is InChI=1S/C14H14Cl2O2/c15-9-3-4-11(10(16)7-9)18-13-8-12(17)14(13)5-1-2-6-14/h3-4,7,13H,1-2,5-6,8H2. The largest absolute Gasteiger partial charge is 0.487 e. The summed E-state index contributed by atoms with van der Waals surface area (Å²) in [5.74, 6) is 0.986. The predicted octanol–water partition coefficient (Wildman–Crippen LogP) is 4.27. The minimum atomic E-state index is -0.219. The van der Waals surface area contributed by atoms with Gasteiger partial charge in [-0.05, 0) is 31.0 Å². The van der Waals surface area contributed by atoms with E-state index in [1.165, 1.54) is 0 Å². The topological polar surface area (TPSA) is 26.3 Å². The zero-order chi connectivity index (χ0) is 12.8. The first-order valence-corrected chi connectivity index (χ1v) is 7.02. The third-order valence-electron chi connectivity index (χ3n) is 4.20. The third kappa shape index (κ3) is 1.83. The summed E-state index contributed by atoms with van der Waals surface area (Å²) in [5.41, 5.74) is -0.219. The second kappa shape index (κ2) is 4.43. The van der Waals surface area contributed by atoms with Crippen LogP contribution in [0.5, 0.6) is 5.75 Å². The summed E-state index contributed by atoms with van der Waals surface area (Å²) < 4.78 is 5.93. The van der Waals surface area contributed by atoms with Crippen molar-refractivity contribution in [1.29, 1.82) is 0 Å². The number of Topliss-reactive ketones (excluding diaryl/α,β-unsaturated/α-hetero) is 1. The van der Waals surface area contributed by atoms with Gasteiger partial charge in [-0.1, -0.05) is 36.0 Å². The van der Waals surface area contributed by atoms with Gasteiger partial charge in [0.15, 0.2) is 0 Å². The zero-order valence-electron chi connectivity index (χ0n) is 9.92. The van der Waals surface area contributed by atoms with E-state index in [2.05, 4.69) is 0 Å². The number of hydrogen-bond acceptors (Lipinski definition) is 2. The zero-order valence-corrected chi connectivity index (χ0v) is 11.4. The van der Waals surface area contributed by atoms with Gasteiger partial charge in [-0.2, -0.15) is 0 Å². The van der Waals surface area contributed by atoms with E-state index in [0.29, 0.717) is 28.0 Å². The lowest BCUT2D eigenvalue weighted by Gasteiger charge is -2.44. The van der Waals surface area contributed by atoms with Crippen LogP contribution in [0.2, 0.25) is 10.0 Å². The SMILES string of the molecule is O=C1CC(Oc2ccc(Cl)cc2Cl)C12CCCC2. The molecule has 2 aliphatic carbocycles. The fourth-order valence-electron chi connectivity index (χ4n) is 3.10. The molecule has 1 spiro atoms. The van der Waals surface area contributed by atoms with Gasteiger partial charge in [0.2, 0.25) is 0 Å². The van der Waals surface area contributed by atoms with Crippen molar-refractivity contribution in [1.82, 2.24) is 0 Å². The first-order valence-electron chi connectivity index (χ1n) is 6.27. The van der Waals surface area contributed by atoms with E-state index in [1.807, 2.05) is 0 Å². The molecule has 0 bridgehead atoms. The summed E-state index contributed by atoms with van der Waals surface area (Å²) in [6, 6.07) is 5.20. The molecular formula is C14H14Cl2O2. The fourth-order valence-corrected chi connectivity index (χ4v) is 3.55. The minimum absolute atomic E-state index is 0.00817. The van der Waals surface area contributed by atoms with Crippen molar-refractivity contribution >= 4 is 29.0 Å². The van der Waals surface area contributed by atoms with E-state index >= 15 is 0 Å². The molecule has 3 rings (SSSR count). The molecule has 0 aromatic heterocycles. The molecule has 1 atom stereocenters. The van der Waals surface area contributed by atoms with Crippen LogP contribution >= 0.6 is 23.2 Å². The Balaban J connectivity index is 1.79. The van der Waals surface area contributed by atoms with E-state index in [0.717, 1.165) is 25.7 Å². The number of carbonyl (C=O) groups is 1. The summed E-state index contributed by atoms with van der Waals surface area (Å²) in [7, 11) is 0. The maximum absolute atomic E-state index is 11.9. The number of carbonyl (C=O) groups excluding carboxylic acids is 1. The van der Waals surface area contributed by atoms with E-state index < -0.39 is 0 Å². The van der Waals surface area contributed by atoms with Gasteiger partial charge in [-0.15, -0.1) is 0 Å². The Kier molecular flexibility index (Phi) is 3.03. The fraction of sp³-hybridized carbons (Fsp3) is 0.500. The molecule has 0 amide bonds. The van der Waals surface area contributed by atoms with Gasteiger partial charge in [0, 0.05) is 11.4 Å². The quantitative estimate of drug-likeness (QED) is 0.811. The molecule has 0 heterocycles. The van der Waals surface area contributed by atoms with Crippen molar-refractivity contribution in [2.75, 3.05) is 0 Å². The Morgan fingerprint density at radius 2 is 1.94 bits per heavy atom. The Hall–Kier alpha value is -0.730.